The molecule has 0 aliphatic carbocycles. The molecule has 1 aromatic heterocycles. The molecule has 28 heavy (non-hydrogen) atoms. The number of urea groups is 1. The number of aromatic nitrogens is 1. The lowest BCUT2D eigenvalue weighted by molar-refractivity contribution is 0.0164. The lowest BCUT2D eigenvalue weighted by atomic mass is 10.1. The number of benzene rings is 1. The number of rotatable bonds is 8. The van der Waals surface area contributed by atoms with Gasteiger partial charge in [-0.05, 0) is 23.8 Å². The second kappa shape index (κ2) is 10.6. The van der Waals surface area contributed by atoms with Gasteiger partial charge < -0.3 is 19.7 Å². The van der Waals surface area contributed by atoms with Gasteiger partial charge in [0.05, 0.1) is 25.8 Å². The molecular formula is C21H28N4O3. The van der Waals surface area contributed by atoms with Gasteiger partial charge in [-0.15, -0.1) is 0 Å². The Bertz CT molecular complexity index is 708. The normalized spacial score (nSPS) is 15.6. The Morgan fingerprint density at radius 3 is 2.75 bits per heavy atom. The van der Waals surface area contributed by atoms with Crippen LogP contribution in [0.5, 0.6) is 5.75 Å². The minimum atomic E-state index is -0.112. The lowest BCUT2D eigenvalue weighted by Gasteiger charge is -2.35. The van der Waals surface area contributed by atoms with Crippen molar-refractivity contribution in [3.8, 4) is 5.75 Å². The quantitative estimate of drug-likeness (QED) is 0.756. The van der Waals surface area contributed by atoms with Crippen LogP contribution in [0.15, 0.2) is 54.9 Å². The van der Waals surface area contributed by atoms with Crippen molar-refractivity contribution < 1.29 is 14.3 Å². The lowest BCUT2D eigenvalue weighted by Crippen LogP contribution is -2.46. The second-order valence-electron chi connectivity index (χ2n) is 6.72. The summed E-state index contributed by atoms with van der Waals surface area (Å²) in [6.45, 7) is 4.59. The number of likely N-dealkylation sites (N-methyl/N-ethyl adjacent to an activating group) is 1. The van der Waals surface area contributed by atoms with Crippen LogP contribution in [0.1, 0.15) is 11.6 Å². The van der Waals surface area contributed by atoms with E-state index in [1.165, 1.54) is 0 Å². The SMILES string of the molecule is CN(CCOc1ccccc1)C(=O)NCC(c1cccnc1)N1CCOCC1. The predicted octanol–water partition coefficient (Wildman–Crippen LogP) is 2.18. The van der Waals surface area contributed by atoms with Crippen LogP contribution >= 0.6 is 0 Å². The number of ether oxygens (including phenoxy) is 2. The molecule has 7 heteroatoms. The summed E-state index contributed by atoms with van der Waals surface area (Å²) >= 11 is 0. The maximum Gasteiger partial charge on any atom is 0.317 e. The number of carbonyl (C=O) groups is 1. The second-order valence-corrected chi connectivity index (χ2v) is 6.72. The molecule has 150 valence electrons. The van der Waals surface area contributed by atoms with Crippen LogP contribution in [0.2, 0.25) is 0 Å². The first-order valence-corrected chi connectivity index (χ1v) is 9.62. The van der Waals surface area contributed by atoms with Crippen LogP contribution in [0.25, 0.3) is 0 Å². The maximum atomic E-state index is 12.5. The van der Waals surface area contributed by atoms with Gasteiger partial charge in [0, 0.05) is 39.1 Å². The van der Waals surface area contributed by atoms with E-state index >= 15 is 0 Å². The summed E-state index contributed by atoms with van der Waals surface area (Å²) in [5.74, 6) is 0.806. The van der Waals surface area contributed by atoms with Gasteiger partial charge in [-0.1, -0.05) is 24.3 Å². The number of para-hydroxylation sites is 1. The third-order valence-electron chi connectivity index (χ3n) is 4.79. The van der Waals surface area contributed by atoms with Crippen molar-refractivity contribution in [3.05, 3.63) is 60.4 Å². The van der Waals surface area contributed by atoms with Crippen molar-refractivity contribution in [2.75, 3.05) is 53.0 Å². The van der Waals surface area contributed by atoms with Gasteiger partial charge in [-0.2, -0.15) is 0 Å². The molecule has 1 fully saturated rings. The van der Waals surface area contributed by atoms with E-state index in [4.69, 9.17) is 9.47 Å². The minimum Gasteiger partial charge on any atom is -0.492 e. The summed E-state index contributed by atoms with van der Waals surface area (Å²) in [5, 5.41) is 3.05. The molecule has 1 aliphatic rings. The summed E-state index contributed by atoms with van der Waals surface area (Å²) in [5.41, 5.74) is 1.10. The van der Waals surface area contributed by atoms with E-state index in [0.717, 1.165) is 24.4 Å². The maximum absolute atomic E-state index is 12.5. The summed E-state index contributed by atoms with van der Waals surface area (Å²) in [7, 11) is 1.78. The average Bonchev–Trinajstić information content (AvgIpc) is 2.76. The zero-order valence-electron chi connectivity index (χ0n) is 16.3. The van der Waals surface area contributed by atoms with Crippen molar-refractivity contribution in [1.82, 2.24) is 20.1 Å². The molecule has 1 saturated heterocycles. The van der Waals surface area contributed by atoms with Crippen molar-refractivity contribution >= 4 is 6.03 Å². The van der Waals surface area contributed by atoms with Gasteiger partial charge in [0.25, 0.3) is 0 Å². The van der Waals surface area contributed by atoms with Crippen LogP contribution in [0.3, 0.4) is 0 Å². The highest BCUT2D eigenvalue weighted by atomic mass is 16.5. The molecule has 1 aromatic carbocycles. The van der Waals surface area contributed by atoms with Gasteiger partial charge in [0.2, 0.25) is 0 Å². The van der Waals surface area contributed by atoms with Gasteiger partial charge >= 0.3 is 6.03 Å². The topological polar surface area (TPSA) is 66.9 Å². The molecule has 3 rings (SSSR count). The van der Waals surface area contributed by atoms with Crippen LogP contribution in [-0.2, 0) is 4.74 Å². The van der Waals surface area contributed by atoms with Crippen LogP contribution in [0.4, 0.5) is 4.79 Å². The molecule has 1 atom stereocenters. The zero-order valence-corrected chi connectivity index (χ0v) is 16.3. The predicted molar refractivity (Wildman–Crippen MR) is 107 cm³/mol. The molecule has 1 aliphatic heterocycles. The fraction of sp³-hybridized carbons (Fsp3) is 0.429. The molecule has 0 spiro atoms. The highest BCUT2D eigenvalue weighted by Crippen LogP contribution is 2.20. The van der Waals surface area contributed by atoms with Gasteiger partial charge in [-0.25, -0.2) is 4.79 Å². The summed E-state index contributed by atoms with van der Waals surface area (Å²) in [6.07, 6.45) is 3.63. The summed E-state index contributed by atoms with van der Waals surface area (Å²) in [4.78, 5) is 20.7. The number of morpholine rings is 1. The van der Waals surface area contributed by atoms with Crippen molar-refractivity contribution in [2.24, 2.45) is 0 Å². The number of pyridine rings is 1. The van der Waals surface area contributed by atoms with E-state index in [1.807, 2.05) is 42.6 Å². The summed E-state index contributed by atoms with van der Waals surface area (Å²) < 4.78 is 11.1. The fourth-order valence-corrected chi connectivity index (χ4v) is 3.16. The Morgan fingerprint density at radius 2 is 2.04 bits per heavy atom. The zero-order chi connectivity index (χ0) is 19.6. The Balaban J connectivity index is 1.49. The van der Waals surface area contributed by atoms with Gasteiger partial charge in [-0.3, -0.25) is 9.88 Å². The molecule has 7 nitrogen and oxygen atoms in total. The molecule has 1 N–H and O–H groups in total. The third-order valence-corrected chi connectivity index (χ3v) is 4.79. The van der Waals surface area contributed by atoms with E-state index in [9.17, 15) is 4.79 Å². The number of amides is 2. The first kappa shape index (κ1) is 20.1. The van der Waals surface area contributed by atoms with Crippen LogP contribution < -0.4 is 10.1 Å². The average molecular weight is 384 g/mol. The van der Waals surface area contributed by atoms with E-state index in [0.29, 0.717) is 32.9 Å². The highest BCUT2D eigenvalue weighted by molar-refractivity contribution is 5.73. The number of carbonyl (C=O) groups excluding carboxylic acids is 1. The largest absolute Gasteiger partial charge is 0.492 e. The first-order chi connectivity index (χ1) is 13.7. The molecule has 0 saturated carbocycles. The Kier molecular flexibility index (Phi) is 7.63. The van der Waals surface area contributed by atoms with Crippen molar-refractivity contribution in [2.45, 2.75) is 6.04 Å². The minimum absolute atomic E-state index is 0.0792. The monoisotopic (exact) mass is 384 g/mol. The Hall–Kier alpha value is -2.64. The number of hydrogen-bond donors (Lipinski definition) is 1. The van der Waals surface area contributed by atoms with Crippen molar-refractivity contribution in [3.63, 3.8) is 0 Å². The summed E-state index contributed by atoms with van der Waals surface area (Å²) in [6, 6.07) is 13.6. The van der Waals surface area contributed by atoms with E-state index in [-0.39, 0.29) is 12.1 Å². The van der Waals surface area contributed by atoms with E-state index in [1.54, 1.807) is 18.1 Å². The first-order valence-electron chi connectivity index (χ1n) is 9.62. The Labute approximate surface area is 166 Å². The van der Waals surface area contributed by atoms with E-state index in [2.05, 4.69) is 21.3 Å². The Morgan fingerprint density at radius 1 is 1.25 bits per heavy atom. The molecular weight excluding hydrogens is 356 g/mol. The molecule has 1 unspecified atom stereocenters. The number of nitrogens with zero attached hydrogens (tertiary/aromatic N) is 3. The molecule has 2 heterocycles. The highest BCUT2D eigenvalue weighted by Gasteiger charge is 2.23. The fourth-order valence-electron chi connectivity index (χ4n) is 3.16. The van der Waals surface area contributed by atoms with Gasteiger partial charge in [0.15, 0.2) is 0 Å². The van der Waals surface area contributed by atoms with Gasteiger partial charge in [0.1, 0.15) is 12.4 Å². The molecule has 0 bridgehead atoms. The molecule has 2 aromatic rings. The van der Waals surface area contributed by atoms with Crippen LogP contribution in [-0.4, -0.2) is 73.9 Å². The molecule has 0 radical (unpaired) electrons. The van der Waals surface area contributed by atoms with Crippen molar-refractivity contribution in [1.29, 1.82) is 0 Å². The molecule has 2 amide bonds. The van der Waals surface area contributed by atoms with Crippen LogP contribution in [0, 0.1) is 0 Å². The number of hydrogen-bond acceptors (Lipinski definition) is 5. The standard InChI is InChI=1S/C21H28N4O3/c1-24(10-15-28-19-7-3-2-4-8-19)21(26)23-17-20(18-6-5-9-22-16-18)25-11-13-27-14-12-25/h2-9,16,20H,10-15,17H2,1H3,(H,23,26). The smallest absolute Gasteiger partial charge is 0.317 e. The third kappa shape index (κ3) is 5.94. The van der Waals surface area contributed by atoms with E-state index < -0.39 is 0 Å². The number of nitrogens with one attached hydrogen (secondary N) is 1.